The van der Waals surface area contributed by atoms with E-state index < -0.39 is 0 Å². The molecule has 6 rings (SSSR count). The number of fused-ring (bicyclic) bond motifs is 4. The Balaban J connectivity index is 1.15. The molecule has 172 valence electrons. The highest BCUT2D eigenvalue weighted by Gasteiger charge is 2.41. The first-order valence-electron chi connectivity index (χ1n) is 11.5. The zero-order chi connectivity index (χ0) is 22.7. The molecule has 4 atom stereocenters. The van der Waals surface area contributed by atoms with Gasteiger partial charge in [-0.15, -0.1) is 11.3 Å². The van der Waals surface area contributed by atoms with Gasteiger partial charge < -0.3 is 26.4 Å². The van der Waals surface area contributed by atoms with Crippen LogP contribution in [-0.2, 0) is 17.6 Å². The predicted octanol–water partition coefficient (Wildman–Crippen LogP) is 2.03. The lowest BCUT2D eigenvalue weighted by Crippen LogP contribution is -2.52. The third-order valence-electron chi connectivity index (χ3n) is 7.20. The average molecular weight is 465 g/mol. The molecule has 4 unspecified atom stereocenters. The molecule has 3 aliphatic rings. The number of nitrogen functional groups attached to an aromatic ring is 1. The monoisotopic (exact) mass is 464 g/mol. The summed E-state index contributed by atoms with van der Waals surface area (Å²) in [5.74, 6) is 1.26. The maximum absolute atomic E-state index is 13.0. The van der Waals surface area contributed by atoms with Gasteiger partial charge in [-0.05, 0) is 49.9 Å². The number of thiophene rings is 1. The summed E-state index contributed by atoms with van der Waals surface area (Å²) in [4.78, 5) is 26.1. The van der Waals surface area contributed by atoms with Gasteiger partial charge in [0, 0.05) is 47.9 Å². The third-order valence-corrected chi connectivity index (χ3v) is 8.32. The van der Waals surface area contributed by atoms with Crippen LogP contribution in [0, 0.1) is 12.8 Å². The second kappa shape index (κ2) is 7.93. The standard InChI is InChI=1S/C24H28N6O2S/c1-12-2-5-16-21(26)22(33-24(16)27-12)23(31)28-15-4-6-17-13(8-15)3-7-19(29-17)30-9-14-11-32-18(10-30)20(14)25/h2-3,5,7,14-15,18,20H,4,6,8-11,25-26H2,1H3,(H,28,31). The zero-order valence-electron chi connectivity index (χ0n) is 18.6. The number of aromatic nitrogens is 2. The molecule has 0 saturated carbocycles. The molecule has 2 fully saturated rings. The van der Waals surface area contributed by atoms with Crippen LogP contribution in [0.3, 0.4) is 0 Å². The van der Waals surface area contributed by atoms with Crippen molar-refractivity contribution >= 4 is 39.0 Å². The zero-order valence-corrected chi connectivity index (χ0v) is 19.4. The van der Waals surface area contributed by atoms with Crippen LogP contribution in [0.25, 0.3) is 10.2 Å². The number of piperidine rings is 1. The smallest absolute Gasteiger partial charge is 0.263 e. The molecular weight excluding hydrogens is 436 g/mol. The number of nitrogens with one attached hydrogen (secondary N) is 1. The van der Waals surface area contributed by atoms with E-state index in [4.69, 9.17) is 21.2 Å². The lowest BCUT2D eigenvalue weighted by atomic mass is 9.91. The summed E-state index contributed by atoms with van der Waals surface area (Å²) in [5, 5.41) is 4.04. The van der Waals surface area contributed by atoms with Crippen LogP contribution in [0.5, 0.6) is 0 Å². The number of anilines is 2. The third kappa shape index (κ3) is 3.64. The Hall–Kier alpha value is -2.75. The van der Waals surface area contributed by atoms with Gasteiger partial charge >= 0.3 is 0 Å². The van der Waals surface area contributed by atoms with Crippen molar-refractivity contribution in [3.8, 4) is 0 Å². The largest absolute Gasteiger partial charge is 0.397 e. The van der Waals surface area contributed by atoms with Crippen LogP contribution in [0.2, 0.25) is 0 Å². The van der Waals surface area contributed by atoms with E-state index in [2.05, 4.69) is 27.3 Å². The molecule has 5 N–H and O–H groups in total. The lowest BCUT2D eigenvalue weighted by Gasteiger charge is -2.35. The van der Waals surface area contributed by atoms with Crippen molar-refractivity contribution in [3.05, 3.63) is 46.1 Å². The molecule has 0 spiro atoms. The van der Waals surface area contributed by atoms with E-state index in [0.717, 1.165) is 66.4 Å². The van der Waals surface area contributed by atoms with E-state index in [1.54, 1.807) is 0 Å². The van der Waals surface area contributed by atoms with Crippen molar-refractivity contribution < 1.29 is 9.53 Å². The molecule has 8 nitrogen and oxygen atoms in total. The molecule has 33 heavy (non-hydrogen) atoms. The van der Waals surface area contributed by atoms with Gasteiger partial charge in [0.2, 0.25) is 0 Å². The van der Waals surface area contributed by atoms with Crippen LogP contribution in [0.4, 0.5) is 11.5 Å². The molecule has 1 amide bonds. The number of hydrogen-bond acceptors (Lipinski definition) is 8. The van der Waals surface area contributed by atoms with E-state index in [0.29, 0.717) is 16.5 Å². The van der Waals surface area contributed by atoms with E-state index >= 15 is 0 Å². The van der Waals surface area contributed by atoms with Crippen molar-refractivity contribution in [3.63, 3.8) is 0 Å². The van der Waals surface area contributed by atoms with Crippen molar-refractivity contribution in [2.24, 2.45) is 11.7 Å². The van der Waals surface area contributed by atoms with Crippen molar-refractivity contribution in [1.29, 1.82) is 0 Å². The molecule has 0 radical (unpaired) electrons. The van der Waals surface area contributed by atoms with Crippen molar-refractivity contribution in [2.45, 2.75) is 44.4 Å². The van der Waals surface area contributed by atoms with Crippen LogP contribution in [-0.4, -0.2) is 53.8 Å². The maximum atomic E-state index is 13.0. The first-order valence-corrected chi connectivity index (χ1v) is 12.4. The first-order chi connectivity index (χ1) is 16.0. The molecule has 3 aromatic heterocycles. The fourth-order valence-electron chi connectivity index (χ4n) is 5.29. The minimum atomic E-state index is -0.119. The van der Waals surface area contributed by atoms with E-state index in [-0.39, 0.29) is 24.1 Å². The summed E-state index contributed by atoms with van der Waals surface area (Å²) in [6.45, 7) is 4.38. The van der Waals surface area contributed by atoms with Crippen LogP contribution in [0.1, 0.15) is 33.0 Å². The molecule has 1 aliphatic carbocycles. The first kappa shape index (κ1) is 20.8. The molecular formula is C24H28N6O2S. The number of ether oxygens (including phenoxy) is 1. The minimum Gasteiger partial charge on any atom is -0.397 e. The Morgan fingerprint density at radius 1 is 1.24 bits per heavy atom. The van der Waals surface area contributed by atoms with Crippen molar-refractivity contribution in [1.82, 2.24) is 15.3 Å². The number of amides is 1. The minimum absolute atomic E-state index is 0.0641. The molecule has 0 aromatic carbocycles. The molecule has 3 aromatic rings. The number of nitrogens with zero attached hydrogens (tertiary/aromatic N) is 3. The SMILES string of the molecule is Cc1ccc2c(N)c(C(=O)NC3CCc4nc(N5CC6COC(C5)C6N)ccc4C3)sc2n1. The van der Waals surface area contributed by atoms with Gasteiger partial charge in [-0.3, -0.25) is 4.79 Å². The van der Waals surface area contributed by atoms with E-state index in [1.807, 2.05) is 19.1 Å². The number of pyridine rings is 2. The van der Waals surface area contributed by atoms with Gasteiger partial charge in [0.1, 0.15) is 15.5 Å². The molecule has 5 heterocycles. The number of rotatable bonds is 3. The highest BCUT2D eigenvalue weighted by Crippen LogP contribution is 2.33. The Morgan fingerprint density at radius 2 is 2.12 bits per heavy atom. The van der Waals surface area contributed by atoms with Crippen LogP contribution >= 0.6 is 11.3 Å². The summed E-state index contributed by atoms with van der Waals surface area (Å²) < 4.78 is 5.83. The lowest BCUT2D eigenvalue weighted by molar-refractivity contribution is 0.0938. The molecule has 2 bridgehead atoms. The summed E-state index contributed by atoms with van der Waals surface area (Å²) in [6, 6.07) is 8.31. The number of nitrogens with two attached hydrogens (primary N) is 2. The molecule has 2 aliphatic heterocycles. The fraction of sp³-hybridized carbons (Fsp3) is 0.458. The molecule has 9 heteroatoms. The summed E-state index contributed by atoms with van der Waals surface area (Å²) in [7, 11) is 0. The summed E-state index contributed by atoms with van der Waals surface area (Å²) in [5.41, 5.74) is 16.3. The van der Waals surface area contributed by atoms with Crippen LogP contribution in [0.15, 0.2) is 24.3 Å². The molecule has 2 saturated heterocycles. The Morgan fingerprint density at radius 3 is 2.97 bits per heavy atom. The van der Waals surface area contributed by atoms with Gasteiger partial charge in [-0.1, -0.05) is 6.07 Å². The normalized spacial score (nSPS) is 26.4. The highest BCUT2D eigenvalue weighted by molar-refractivity contribution is 7.21. The topological polar surface area (TPSA) is 119 Å². The number of hydrogen-bond donors (Lipinski definition) is 3. The second-order valence-corrected chi connectivity index (χ2v) is 10.5. The van der Waals surface area contributed by atoms with Gasteiger partial charge in [-0.25, -0.2) is 9.97 Å². The van der Waals surface area contributed by atoms with E-state index in [9.17, 15) is 4.79 Å². The Labute approximate surface area is 196 Å². The highest BCUT2D eigenvalue weighted by atomic mass is 32.1. The average Bonchev–Trinajstić information content (AvgIpc) is 3.21. The summed E-state index contributed by atoms with van der Waals surface area (Å²) >= 11 is 1.36. The second-order valence-electron chi connectivity index (χ2n) is 9.45. The summed E-state index contributed by atoms with van der Waals surface area (Å²) in [6.07, 6.45) is 2.57. The fourth-order valence-corrected chi connectivity index (χ4v) is 6.33. The van der Waals surface area contributed by atoms with Crippen LogP contribution < -0.4 is 21.7 Å². The van der Waals surface area contributed by atoms with Gasteiger partial charge in [-0.2, -0.15) is 0 Å². The Bertz CT molecular complexity index is 1230. The van der Waals surface area contributed by atoms with Crippen molar-refractivity contribution in [2.75, 3.05) is 30.3 Å². The number of carbonyl (C=O) groups is 1. The predicted molar refractivity (Wildman–Crippen MR) is 130 cm³/mol. The van der Waals surface area contributed by atoms with Gasteiger partial charge in [0.25, 0.3) is 5.91 Å². The van der Waals surface area contributed by atoms with E-state index in [1.165, 1.54) is 16.9 Å². The number of aryl methyl sites for hydroxylation is 2. The van der Waals surface area contributed by atoms with Gasteiger partial charge in [0.15, 0.2) is 0 Å². The van der Waals surface area contributed by atoms with Gasteiger partial charge in [0.05, 0.1) is 18.4 Å². The quantitative estimate of drug-likeness (QED) is 0.543. The Kier molecular flexibility index (Phi) is 5.01. The number of carbonyl (C=O) groups excluding carboxylic acids is 1. The maximum Gasteiger partial charge on any atom is 0.263 e.